The molecule has 5 heteroatoms. The predicted molar refractivity (Wildman–Crippen MR) is 128 cm³/mol. The van der Waals surface area contributed by atoms with Crippen LogP contribution in [0.25, 0.3) is 21.7 Å². The summed E-state index contributed by atoms with van der Waals surface area (Å²) >= 11 is 3.51. The fraction of sp³-hybridized carbons (Fsp3) is 0.0400. The highest BCUT2D eigenvalue weighted by Gasteiger charge is 2.07. The number of anilines is 3. The second kappa shape index (κ2) is 8.13. The normalized spacial score (nSPS) is 11.0. The van der Waals surface area contributed by atoms with Crippen molar-refractivity contribution in [3.05, 3.63) is 101 Å². The number of rotatable bonds is 5. The van der Waals surface area contributed by atoms with E-state index >= 15 is 0 Å². The van der Waals surface area contributed by atoms with Gasteiger partial charge in [0.25, 0.3) is 0 Å². The monoisotopic (exact) mass is 454 g/mol. The van der Waals surface area contributed by atoms with Gasteiger partial charge in [0.2, 0.25) is 0 Å². The molecule has 4 aromatic carbocycles. The molecule has 5 aromatic rings. The first-order valence-corrected chi connectivity index (χ1v) is 10.5. The number of nitrogens with zero attached hydrogens (tertiary/aromatic N) is 2. The Hall–Kier alpha value is -3.44. The first kappa shape index (κ1) is 18.6. The van der Waals surface area contributed by atoms with Gasteiger partial charge in [0.15, 0.2) is 0 Å². The van der Waals surface area contributed by atoms with Crippen LogP contribution in [0.2, 0.25) is 0 Å². The van der Waals surface area contributed by atoms with Crippen molar-refractivity contribution in [2.45, 2.75) is 6.54 Å². The van der Waals surface area contributed by atoms with Crippen LogP contribution in [0.15, 0.2) is 95.7 Å². The van der Waals surface area contributed by atoms with E-state index in [2.05, 4.69) is 91.1 Å². The highest BCUT2D eigenvalue weighted by molar-refractivity contribution is 9.10. The fourth-order valence-electron chi connectivity index (χ4n) is 3.61. The summed E-state index contributed by atoms with van der Waals surface area (Å²) in [5, 5.41) is 10.5. The minimum atomic E-state index is 0.745. The summed E-state index contributed by atoms with van der Waals surface area (Å²) in [4.78, 5) is 8.88. The molecule has 0 bridgehead atoms. The molecule has 30 heavy (non-hydrogen) atoms. The van der Waals surface area contributed by atoms with Crippen LogP contribution in [0.5, 0.6) is 0 Å². The van der Waals surface area contributed by atoms with Crippen LogP contribution >= 0.6 is 15.9 Å². The van der Waals surface area contributed by atoms with Crippen LogP contribution in [-0.2, 0) is 6.54 Å². The summed E-state index contributed by atoms with van der Waals surface area (Å²) in [6, 6.07) is 29.1. The zero-order valence-electron chi connectivity index (χ0n) is 16.1. The average molecular weight is 455 g/mol. The average Bonchev–Trinajstić information content (AvgIpc) is 2.78. The maximum atomic E-state index is 4.47. The van der Waals surface area contributed by atoms with E-state index in [-0.39, 0.29) is 0 Å². The first-order chi connectivity index (χ1) is 14.8. The van der Waals surface area contributed by atoms with E-state index in [1.165, 1.54) is 16.3 Å². The number of halogens is 1. The highest BCUT2D eigenvalue weighted by Crippen LogP contribution is 2.27. The minimum absolute atomic E-state index is 0.745. The molecule has 146 valence electrons. The van der Waals surface area contributed by atoms with Crippen LogP contribution in [0.1, 0.15) is 5.56 Å². The van der Waals surface area contributed by atoms with E-state index in [1.807, 2.05) is 30.3 Å². The zero-order chi connectivity index (χ0) is 20.3. The summed E-state index contributed by atoms with van der Waals surface area (Å²) in [7, 11) is 0. The van der Waals surface area contributed by atoms with Gasteiger partial charge < -0.3 is 10.6 Å². The molecule has 1 aromatic heterocycles. The maximum Gasteiger partial charge on any atom is 0.141 e. The van der Waals surface area contributed by atoms with E-state index in [0.29, 0.717) is 0 Å². The van der Waals surface area contributed by atoms with Crippen molar-refractivity contribution < 1.29 is 0 Å². The predicted octanol–water partition coefficient (Wildman–Crippen LogP) is 6.90. The highest BCUT2D eigenvalue weighted by atomic mass is 79.9. The van der Waals surface area contributed by atoms with E-state index in [4.69, 9.17) is 0 Å². The molecule has 0 radical (unpaired) electrons. The lowest BCUT2D eigenvalue weighted by Gasteiger charge is -2.12. The molecule has 5 rings (SSSR count). The Bertz CT molecular complexity index is 1340. The number of aromatic nitrogens is 2. The Balaban J connectivity index is 1.44. The van der Waals surface area contributed by atoms with Crippen molar-refractivity contribution in [2.75, 3.05) is 10.6 Å². The molecule has 2 N–H and O–H groups in total. The van der Waals surface area contributed by atoms with E-state index in [1.54, 1.807) is 6.33 Å². The SMILES string of the molecule is Brc1cccc(Nc2ncnc3ccc(NCc4cccc5ccccc45)cc23)c1. The number of hydrogen-bond donors (Lipinski definition) is 2. The lowest BCUT2D eigenvalue weighted by atomic mass is 10.0. The third-order valence-corrected chi connectivity index (χ3v) is 5.58. The molecule has 1 heterocycles. The standard InChI is InChI=1S/C25H19BrN4/c26-19-8-4-9-21(13-19)30-25-23-14-20(11-12-24(23)28-16-29-25)27-15-18-7-3-6-17-5-1-2-10-22(17)18/h1-14,16,27H,15H2,(H,28,29,30). The Labute approximate surface area is 183 Å². The summed E-state index contributed by atoms with van der Waals surface area (Å²) in [6.07, 6.45) is 1.59. The van der Waals surface area contributed by atoms with Crippen molar-refractivity contribution in [2.24, 2.45) is 0 Å². The molecule has 0 saturated carbocycles. The third-order valence-electron chi connectivity index (χ3n) is 5.09. The summed E-state index contributed by atoms with van der Waals surface area (Å²) in [5.74, 6) is 0.784. The van der Waals surface area contributed by atoms with Crippen LogP contribution in [0.3, 0.4) is 0 Å². The van der Waals surface area contributed by atoms with Gasteiger partial charge in [0, 0.05) is 27.8 Å². The number of benzene rings is 4. The number of fused-ring (bicyclic) bond motifs is 2. The van der Waals surface area contributed by atoms with Gasteiger partial charge in [0.05, 0.1) is 5.52 Å². The van der Waals surface area contributed by atoms with Crippen molar-refractivity contribution in [3.8, 4) is 0 Å². The molecule has 0 unspecified atom stereocenters. The largest absolute Gasteiger partial charge is 0.381 e. The van der Waals surface area contributed by atoms with Crippen LogP contribution in [0, 0.1) is 0 Å². The topological polar surface area (TPSA) is 49.8 Å². The molecule has 0 amide bonds. The Morgan fingerprint density at radius 2 is 1.60 bits per heavy atom. The molecule has 0 aliphatic carbocycles. The van der Waals surface area contributed by atoms with E-state index in [9.17, 15) is 0 Å². The molecule has 0 aliphatic rings. The smallest absolute Gasteiger partial charge is 0.141 e. The third kappa shape index (κ3) is 3.84. The molecular formula is C25H19BrN4. The lowest BCUT2D eigenvalue weighted by molar-refractivity contribution is 1.17. The molecule has 4 nitrogen and oxygen atoms in total. The molecule has 0 saturated heterocycles. The molecular weight excluding hydrogens is 436 g/mol. The Kier molecular flexibility index (Phi) is 5.03. The summed E-state index contributed by atoms with van der Waals surface area (Å²) < 4.78 is 1.02. The molecule has 0 atom stereocenters. The van der Waals surface area contributed by atoms with Gasteiger partial charge in [-0.1, -0.05) is 64.5 Å². The lowest BCUT2D eigenvalue weighted by Crippen LogP contribution is -2.01. The Morgan fingerprint density at radius 3 is 2.53 bits per heavy atom. The fourth-order valence-corrected chi connectivity index (χ4v) is 4.01. The van der Waals surface area contributed by atoms with Crippen molar-refractivity contribution in [1.29, 1.82) is 0 Å². The van der Waals surface area contributed by atoms with Crippen LogP contribution in [-0.4, -0.2) is 9.97 Å². The quantitative estimate of drug-likeness (QED) is 0.303. The molecule has 0 fully saturated rings. The van der Waals surface area contributed by atoms with Gasteiger partial charge in [0.1, 0.15) is 12.1 Å². The zero-order valence-corrected chi connectivity index (χ0v) is 17.7. The van der Waals surface area contributed by atoms with Crippen molar-refractivity contribution in [1.82, 2.24) is 9.97 Å². The van der Waals surface area contributed by atoms with E-state index in [0.717, 1.165) is 39.1 Å². The van der Waals surface area contributed by atoms with Gasteiger partial charge in [-0.2, -0.15) is 0 Å². The first-order valence-electron chi connectivity index (χ1n) is 9.74. The molecule has 0 spiro atoms. The second-order valence-electron chi connectivity index (χ2n) is 7.08. The van der Waals surface area contributed by atoms with Gasteiger partial charge >= 0.3 is 0 Å². The number of nitrogens with one attached hydrogen (secondary N) is 2. The second-order valence-corrected chi connectivity index (χ2v) is 8.00. The van der Waals surface area contributed by atoms with Crippen LogP contribution < -0.4 is 10.6 Å². The van der Waals surface area contributed by atoms with Gasteiger partial charge in [-0.3, -0.25) is 0 Å². The van der Waals surface area contributed by atoms with Crippen molar-refractivity contribution in [3.63, 3.8) is 0 Å². The van der Waals surface area contributed by atoms with Gasteiger partial charge in [-0.15, -0.1) is 0 Å². The van der Waals surface area contributed by atoms with Gasteiger partial charge in [-0.05, 0) is 52.7 Å². The van der Waals surface area contributed by atoms with Gasteiger partial charge in [-0.25, -0.2) is 9.97 Å². The van der Waals surface area contributed by atoms with Crippen LogP contribution in [0.4, 0.5) is 17.2 Å². The Morgan fingerprint density at radius 1 is 0.733 bits per heavy atom. The minimum Gasteiger partial charge on any atom is -0.381 e. The molecule has 0 aliphatic heterocycles. The summed E-state index contributed by atoms with van der Waals surface area (Å²) in [6.45, 7) is 0.745. The maximum absolute atomic E-state index is 4.47. The van der Waals surface area contributed by atoms with Crippen molar-refractivity contribution >= 4 is 54.8 Å². The summed E-state index contributed by atoms with van der Waals surface area (Å²) in [5.41, 5.74) is 4.17. The number of hydrogen-bond acceptors (Lipinski definition) is 4. The van der Waals surface area contributed by atoms with E-state index < -0.39 is 0 Å².